The number of rotatable bonds is 5. The molecule has 0 saturated carbocycles. The van der Waals surface area contributed by atoms with E-state index in [1.165, 1.54) is 0 Å². The van der Waals surface area contributed by atoms with Gasteiger partial charge in [-0.2, -0.15) is 0 Å². The molecule has 19 heavy (non-hydrogen) atoms. The predicted molar refractivity (Wildman–Crippen MR) is 72.2 cm³/mol. The van der Waals surface area contributed by atoms with Gasteiger partial charge in [-0.25, -0.2) is 0 Å². The van der Waals surface area contributed by atoms with Crippen LogP contribution in [0.5, 0.6) is 0 Å². The second-order valence-electron chi connectivity index (χ2n) is 5.53. The fourth-order valence-corrected chi connectivity index (χ4v) is 2.37. The van der Waals surface area contributed by atoms with Gasteiger partial charge in [-0.3, -0.25) is 9.59 Å². The van der Waals surface area contributed by atoms with Gasteiger partial charge in [0.1, 0.15) is 0 Å². The average molecular weight is 263 g/mol. The summed E-state index contributed by atoms with van der Waals surface area (Å²) in [6.07, 6.45) is 4.02. The SMILES string of the molecule is CC(C)CN1CC(C(=O)NCc2cc[nH]c2)CC1=O. The van der Waals surface area contributed by atoms with Crippen LogP contribution in [0.4, 0.5) is 0 Å². The molecule has 5 heteroatoms. The van der Waals surface area contributed by atoms with Crippen LogP contribution in [0.2, 0.25) is 0 Å². The first kappa shape index (κ1) is 13.6. The van der Waals surface area contributed by atoms with E-state index in [4.69, 9.17) is 0 Å². The summed E-state index contributed by atoms with van der Waals surface area (Å²) in [5.41, 5.74) is 1.04. The van der Waals surface area contributed by atoms with Gasteiger partial charge in [-0.05, 0) is 17.5 Å². The Labute approximate surface area is 113 Å². The number of aromatic amines is 1. The maximum absolute atomic E-state index is 12.0. The van der Waals surface area contributed by atoms with Crippen molar-refractivity contribution in [3.8, 4) is 0 Å². The third-order valence-electron chi connectivity index (χ3n) is 3.30. The summed E-state index contributed by atoms with van der Waals surface area (Å²) in [5.74, 6) is 0.298. The molecule has 2 N–H and O–H groups in total. The van der Waals surface area contributed by atoms with E-state index >= 15 is 0 Å². The van der Waals surface area contributed by atoms with Crippen molar-refractivity contribution in [3.05, 3.63) is 24.0 Å². The van der Waals surface area contributed by atoms with Gasteiger partial charge in [0, 0.05) is 38.4 Å². The van der Waals surface area contributed by atoms with Crippen LogP contribution in [-0.4, -0.2) is 34.8 Å². The van der Waals surface area contributed by atoms with Gasteiger partial charge in [0.05, 0.1) is 5.92 Å². The van der Waals surface area contributed by atoms with Crippen LogP contribution < -0.4 is 5.32 Å². The first-order valence-corrected chi connectivity index (χ1v) is 6.73. The summed E-state index contributed by atoms with van der Waals surface area (Å²) in [7, 11) is 0. The third-order valence-corrected chi connectivity index (χ3v) is 3.30. The van der Waals surface area contributed by atoms with Crippen molar-refractivity contribution < 1.29 is 9.59 Å². The van der Waals surface area contributed by atoms with E-state index < -0.39 is 0 Å². The Balaban J connectivity index is 1.82. The zero-order valence-corrected chi connectivity index (χ0v) is 11.5. The molecule has 2 amide bonds. The van der Waals surface area contributed by atoms with Crippen LogP contribution in [0.3, 0.4) is 0 Å². The van der Waals surface area contributed by atoms with Crippen molar-refractivity contribution in [3.63, 3.8) is 0 Å². The second-order valence-corrected chi connectivity index (χ2v) is 5.53. The number of likely N-dealkylation sites (tertiary alicyclic amines) is 1. The van der Waals surface area contributed by atoms with Crippen molar-refractivity contribution >= 4 is 11.8 Å². The molecule has 2 heterocycles. The van der Waals surface area contributed by atoms with Crippen LogP contribution in [0.15, 0.2) is 18.5 Å². The molecule has 1 fully saturated rings. The molecule has 1 aliphatic rings. The number of hydrogen-bond donors (Lipinski definition) is 2. The minimum absolute atomic E-state index is 0.0270. The summed E-state index contributed by atoms with van der Waals surface area (Å²) in [6.45, 7) is 5.95. The molecule has 1 unspecified atom stereocenters. The number of carbonyl (C=O) groups excluding carboxylic acids is 2. The summed E-state index contributed by atoms with van der Waals surface area (Å²) < 4.78 is 0. The smallest absolute Gasteiger partial charge is 0.225 e. The van der Waals surface area contributed by atoms with Gasteiger partial charge in [0.25, 0.3) is 0 Å². The molecule has 1 aromatic heterocycles. The van der Waals surface area contributed by atoms with Gasteiger partial charge < -0.3 is 15.2 Å². The topological polar surface area (TPSA) is 65.2 Å². The minimum Gasteiger partial charge on any atom is -0.367 e. The van der Waals surface area contributed by atoms with Gasteiger partial charge in [0.2, 0.25) is 11.8 Å². The van der Waals surface area contributed by atoms with Crippen molar-refractivity contribution in [2.75, 3.05) is 13.1 Å². The molecule has 0 spiro atoms. The maximum atomic E-state index is 12.0. The Bertz CT molecular complexity index is 440. The first-order chi connectivity index (χ1) is 9.06. The zero-order chi connectivity index (χ0) is 13.8. The lowest BCUT2D eigenvalue weighted by Gasteiger charge is -2.18. The van der Waals surface area contributed by atoms with Crippen LogP contribution in [0.25, 0.3) is 0 Å². The fraction of sp³-hybridized carbons (Fsp3) is 0.571. The molecule has 1 saturated heterocycles. The highest BCUT2D eigenvalue weighted by Crippen LogP contribution is 2.19. The van der Waals surface area contributed by atoms with E-state index in [1.54, 1.807) is 4.90 Å². The maximum Gasteiger partial charge on any atom is 0.225 e. The molecule has 1 atom stereocenters. The fourth-order valence-electron chi connectivity index (χ4n) is 2.37. The lowest BCUT2D eigenvalue weighted by molar-refractivity contribution is -0.129. The molecular formula is C14H21N3O2. The summed E-state index contributed by atoms with van der Waals surface area (Å²) in [5, 5.41) is 2.88. The van der Waals surface area contributed by atoms with Gasteiger partial charge >= 0.3 is 0 Å². The number of carbonyl (C=O) groups is 2. The van der Waals surface area contributed by atoms with Crippen molar-refractivity contribution in [1.29, 1.82) is 0 Å². The second kappa shape index (κ2) is 5.91. The van der Waals surface area contributed by atoms with E-state index in [0.29, 0.717) is 25.4 Å². The van der Waals surface area contributed by atoms with Crippen molar-refractivity contribution in [1.82, 2.24) is 15.2 Å². The summed E-state index contributed by atoms with van der Waals surface area (Å²) in [6, 6.07) is 1.92. The lowest BCUT2D eigenvalue weighted by atomic mass is 10.1. The number of aromatic nitrogens is 1. The number of hydrogen-bond acceptors (Lipinski definition) is 2. The summed E-state index contributed by atoms with van der Waals surface area (Å²) >= 11 is 0. The first-order valence-electron chi connectivity index (χ1n) is 6.73. The van der Waals surface area contributed by atoms with Crippen LogP contribution in [0, 0.1) is 11.8 Å². The Morgan fingerprint density at radius 2 is 2.37 bits per heavy atom. The molecule has 2 rings (SSSR count). The largest absolute Gasteiger partial charge is 0.367 e. The standard InChI is InChI=1S/C14H21N3O2/c1-10(2)8-17-9-12(5-13(17)18)14(19)16-7-11-3-4-15-6-11/h3-4,6,10,12,15H,5,7-9H2,1-2H3,(H,16,19). The molecule has 0 bridgehead atoms. The van der Waals surface area contributed by atoms with Gasteiger partial charge in [0.15, 0.2) is 0 Å². The Morgan fingerprint density at radius 3 is 3.00 bits per heavy atom. The highest BCUT2D eigenvalue weighted by Gasteiger charge is 2.34. The molecule has 1 aromatic rings. The predicted octanol–water partition coefficient (Wildman–Crippen LogP) is 1.14. The number of nitrogens with one attached hydrogen (secondary N) is 2. The lowest BCUT2D eigenvalue weighted by Crippen LogP contribution is -2.33. The molecule has 104 valence electrons. The van der Waals surface area contributed by atoms with E-state index in [0.717, 1.165) is 12.1 Å². The van der Waals surface area contributed by atoms with Gasteiger partial charge in [-0.1, -0.05) is 13.8 Å². The van der Waals surface area contributed by atoms with E-state index in [2.05, 4.69) is 24.1 Å². The monoisotopic (exact) mass is 263 g/mol. The Kier molecular flexibility index (Phi) is 4.24. The molecular weight excluding hydrogens is 242 g/mol. The number of H-pyrrole nitrogens is 1. The van der Waals surface area contributed by atoms with Crippen molar-refractivity contribution in [2.24, 2.45) is 11.8 Å². The van der Waals surface area contributed by atoms with Gasteiger partial charge in [-0.15, -0.1) is 0 Å². The van der Waals surface area contributed by atoms with E-state index in [9.17, 15) is 9.59 Å². The van der Waals surface area contributed by atoms with Crippen LogP contribution >= 0.6 is 0 Å². The average Bonchev–Trinajstić information content (AvgIpc) is 2.96. The van der Waals surface area contributed by atoms with E-state index in [1.807, 2.05) is 18.5 Å². The Hall–Kier alpha value is -1.78. The normalized spacial score (nSPS) is 19.2. The molecule has 0 aromatic carbocycles. The van der Waals surface area contributed by atoms with Crippen LogP contribution in [0.1, 0.15) is 25.8 Å². The van der Waals surface area contributed by atoms with Crippen LogP contribution in [-0.2, 0) is 16.1 Å². The highest BCUT2D eigenvalue weighted by atomic mass is 16.2. The molecule has 5 nitrogen and oxygen atoms in total. The third kappa shape index (κ3) is 3.59. The highest BCUT2D eigenvalue weighted by molar-refractivity contribution is 5.89. The van der Waals surface area contributed by atoms with Crippen molar-refractivity contribution in [2.45, 2.75) is 26.8 Å². The number of amides is 2. The molecule has 0 aliphatic carbocycles. The Morgan fingerprint density at radius 1 is 1.58 bits per heavy atom. The minimum atomic E-state index is -0.204. The molecule has 0 radical (unpaired) electrons. The summed E-state index contributed by atoms with van der Waals surface area (Å²) in [4.78, 5) is 28.6. The molecule has 1 aliphatic heterocycles. The zero-order valence-electron chi connectivity index (χ0n) is 11.5. The van der Waals surface area contributed by atoms with E-state index in [-0.39, 0.29) is 17.7 Å². The number of nitrogens with zero attached hydrogens (tertiary/aromatic N) is 1. The quantitative estimate of drug-likeness (QED) is 0.836.